The number of halogens is 1. The number of hydrogen-bond donors (Lipinski definition) is 1. The van der Waals surface area contributed by atoms with Crippen molar-refractivity contribution in [2.75, 3.05) is 18.5 Å². The summed E-state index contributed by atoms with van der Waals surface area (Å²) in [6.45, 7) is 6.26. The summed E-state index contributed by atoms with van der Waals surface area (Å²) in [7, 11) is 2.01. The molecule has 2 nitrogen and oxygen atoms in total. The van der Waals surface area contributed by atoms with Crippen LogP contribution in [0.25, 0.3) is 0 Å². The number of aliphatic hydroxyl groups is 1. The van der Waals surface area contributed by atoms with Gasteiger partial charge in [-0.25, -0.2) is 0 Å². The molecule has 15 heavy (non-hydrogen) atoms. The van der Waals surface area contributed by atoms with E-state index in [-0.39, 0.29) is 0 Å². The van der Waals surface area contributed by atoms with Crippen molar-refractivity contribution in [3.63, 3.8) is 0 Å². The van der Waals surface area contributed by atoms with Gasteiger partial charge in [-0.1, -0.05) is 28.1 Å². The maximum Gasteiger partial charge on any atom is 0.0772 e. The number of hydrogen-bond acceptors (Lipinski definition) is 2. The van der Waals surface area contributed by atoms with Gasteiger partial charge in [-0.3, -0.25) is 0 Å². The zero-order chi connectivity index (χ0) is 11.4. The van der Waals surface area contributed by atoms with Gasteiger partial charge in [0.15, 0.2) is 0 Å². The first-order valence-corrected chi connectivity index (χ1v) is 5.65. The highest BCUT2D eigenvalue weighted by atomic mass is 79.9. The van der Waals surface area contributed by atoms with Crippen LogP contribution < -0.4 is 4.90 Å². The maximum atomic E-state index is 9.48. The minimum atomic E-state index is -0.446. The molecule has 0 aromatic heterocycles. The van der Waals surface area contributed by atoms with Crippen molar-refractivity contribution in [2.24, 2.45) is 0 Å². The summed E-state index contributed by atoms with van der Waals surface area (Å²) in [5, 5.41) is 9.48. The van der Waals surface area contributed by atoms with Gasteiger partial charge in [0, 0.05) is 23.8 Å². The highest BCUT2D eigenvalue weighted by Gasteiger charge is 2.07. The quantitative estimate of drug-likeness (QED) is 0.850. The first-order valence-electron chi connectivity index (χ1n) is 4.85. The summed E-state index contributed by atoms with van der Waals surface area (Å²) >= 11 is 3.45. The predicted molar refractivity (Wildman–Crippen MR) is 68.2 cm³/mol. The van der Waals surface area contributed by atoms with Crippen LogP contribution in [0.2, 0.25) is 0 Å². The van der Waals surface area contributed by atoms with Crippen LogP contribution in [0.15, 0.2) is 35.3 Å². The lowest BCUT2D eigenvalue weighted by atomic mass is 10.1. The van der Waals surface area contributed by atoms with E-state index >= 15 is 0 Å². The fraction of sp³-hybridized carbons (Fsp3) is 0.333. The third-order valence-corrected chi connectivity index (χ3v) is 2.96. The highest BCUT2D eigenvalue weighted by molar-refractivity contribution is 9.10. The lowest BCUT2D eigenvalue weighted by molar-refractivity contribution is 0.198. The van der Waals surface area contributed by atoms with Crippen LogP contribution in [0.5, 0.6) is 0 Å². The van der Waals surface area contributed by atoms with E-state index in [1.165, 1.54) is 0 Å². The van der Waals surface area contributed by atoms with Crippen molar-refractivity contribution >= 4 is 21.6 Å². The van der Waals surface area contributed by atoms with Gasteiger partial charge in [0.2, 0.25) is 0 Å². The Labute approximate surface area is 99.4 Å². The molecule has 1 rings (SSSR count). The fourth-order valence-electron chi connectivity index (χ4n) is 1.39. The lowest BCUT2D eigenvalue weighted by Crippen LogP contribution is -2.16. The second kappa shape index (κ2) is 5.33. The average molecular weight is 270 g/mol. The first-order chi connectivity index (χ1) is 7.06. The lowest BCUT2D eigenvalue weighted by Gasteiger charge is -2.18. The van der Waals surface area contributed by atoms with Gasteiger partial charge < -0.3 is 10.0 Å². The highest BCUT2D eigenvalue weighted by Crippen LogP contribution is 2.27. The minimum absolute atomic E-state index is 0.446. The Morgan fingerprint density at radius 3 is 2.73 bits per heavy atom. The van der Waals surface area contributed by atoms with Crippen molar-refractivity contribution in [3.8, 4) is 0 Å². The van der Waals surface area contributed by atoms with Crippen LogP contribution in [0, 0.1) is 0 Å². The molecular weight excluding hydrogens is 254 g/mol. The largest absolute Gasteiger partial charge is 0.389 e. The van der Waals surface area contributed by atoms with Gasteiger partial charge in [0.25, 0.3) is 0 Å². The summed E-state index contributed by atoms with van der Waals surface area (Å²) in [5.74, 6) is 0. The third-order valence-electron chi connectivity index (χ3n) is 2.28. The Hall–Kier alpha value is -0.800. The molecule has 0 saturated carbocycles. The Kier molecular flexibility index (Phi) is 4.36. The summed E-state index contributed by atoms with van der Waals surface area (Å²) < 4.78 is 0.936. The summed E-state index contributed by atoms with van der Waals surface area (Å²) in [6, 6.07) is 5.94. The van der Waals surface area contributed by atoms with E-state index in [2.05, 4.69) is 27.4 Å². The molecular formula is C12H16BrNO. The smallest absolute Gasteiger partial charge is 0.0772 e. The molecule has 0 aliphatic heterocycles. The van der Waals surface area contributed by atoms with Gasteiger partial charge in [-0.15, -0.1) is 6.58 Å². The molecule has 0 saturated heterocycles. The molecule has 0 spiro atoms. The van der Waals surface area contributed by atoms with E-state index < -0.39 is 6.10 Å². The van der Waals surface area contributed by atoms with E-state index in [4.69, 9.17) is 0 Å². The molecule has 0 radical (unpaired) electrons. The van der Waals surface area contributed by atoms with Crippen molar-refractivity contribution in [1.29, 1.82) is 0 Å². The van der Waals surface area contributed by atoms with Crippen LogP contribution in [0.1, 0.15) is 18.6 Å². The third kappa shape index (κ3) is 3.08. The Morgan fingerprint density at radius 2 is 2.27 bits per heavy atom. The number of benzene rings is 1. The van der Waals surface area contributed by atoms with Crippen LogP contribution in [0.3, 0.4) is 0 Å². The number of likely N-dealkylation sites (N-methyl/N-ethyl adjacent to an activating group) is 1. The van der Waals surface area contributed by atoms with Gasteiger partial charge >= 0.3 is 0 Å². The van der Waals surface area contributed by atoms with Crippen LogP contribution in [0.4, 0.5) is 5.69 Å². The van der Waals surface area contributed by atoms with E-state index in [0.717, 1.165) is 22.3 Å². The molecule has 0 bridgehead atoms. The predicted octanol–water partition coefficient (Wildman–Crippen LogP) is 3.12. The standard InChI is InChI=1S/C12H16BrNO/c1-4-7-14(3)10-5-6-11(9(2)15)12(13)8-10/h4-6,8-9,15H,1,7H2,2-3H3/t9-/m1/s1. The molecule has 0 amide bonds. The maximum absolute atomic E-state index is 9.48. The molecule has 1 N–H and O–H groups in total. The topological polar surface area (TPSA) is 23.5 Å². The monoisotopic (exact) mass is 269 g/mol. The second-order valence-corrected chi connectivity index (χ2v) is 4.41. The van der Waals surface area contributed by atoms with E-state index in [0.29, 0.717) is 0 Å². The number of rotatable bonds is 4. The van der Waals surface area contributed by atoms with E-state index in [1.54, 1.807) is 6.92 Å². The normalized spacial score (nSPS) is 12.3. The van der Waals surface area contributed by atoms with Crippen LogP contribution >= 0.6 is 15.9 Å². The number of nitrogens with zero attached hydrogens (tertiary/aromatic N) is 1. The zero-order valence-electron chi connectivity index (χ0n) is 9.07. The molecule has 0 heterocycles. The fourth-order valence-corrected chi connectivity index (χ4v) is 2.09. The first kappa shape index (κ1) is 12.3. The summed E-state index contributed by atoms with van der Waals surface area (Å²) in [6.07, 6.45) is 1.41. The van der Waals surface area contributed by atoms with E-state index in [1.807, 2.05) is 31.3 Å². The Balaban J connectivity index is 2.95. The van der Waals surface area contributed by atoms with E-state index in [9.17, 15) is 5.11 Å². The van der Waals surface area contributed by atoms with Gasteiger partial charge in [0.1, 0.15) is 0 Å². The number of aliphatic hydroxyl groups excluding tert-OH is 1. The molecule has 0 aliphatic carbocycles. The summed E-state index contributed by atoms with van der Waals surface area (Å²) in [5.41, 5.74) is 2.01. The average Bonchev–Trinajstić information content (AvgIpc) is 2.17. The zero-order valence-corrected chi connectivity index (χ0v) is 10.7. The molecule has 0 fully saturated rings. The second-order valence-electron chi connectivity index (χ2n) is 3.55. The Morgan fingerprint density at radius 1 is 1.60 bits per heavy atom. The molecule has 3 heteroatoms. The van der Waals surface area contributed by atoms with Crippen LogP contribution in [-0.2, 0) is 0 Å². The van der Waals surface area contributed by atoms with Crippen molar-refractivity contribution in [1.82, 2.24) is 0 Å². The van der Waals surface area contributed by atoms with Crippen molar-refractivity contribution in [2.45, 2.75) is 13.0 Å². The number of anilines is 1. The van der Waals surface area contributed by atoms with Gasteiger partial charge in [0.05, 0.1) is 6.10 Å². The van der Waals surface area contributed by atoms with Gasteiger partial charge in [-0.05, 0) is 24.6 Å². The summed E-state index contributed by atoms with van der Waals surface area (Å²) in [4.78, 5) is 2.09. The van der Waals surface area contributed by atoms with Crippen LogP contribution in [-0.4, -0.2) is 18.7 Å². The molecule has 1 aromatic carbocycles. The molecule has 82 valence electrons. The SMILES string of the molecule is C=CCN(C)c1ccc([C@@H](C)O)c(Br)c1. The van der Waals surface area contributed by atoms with Crippen molar-refractivity contribution in [3.05, 3.63) is 40.9 Å². The minimum Gasteiger partial charge on any atom is -0.389 e. The molecule has 0 unspecified atom stereocenters. The molecule has 0 aliphatic rings. The van der Waals surface area contributed by atoms with Gasteiger partial charge in [-0.2, -0.15) is 0 Å². The molecule has 1 aromatic rings. The molecule has 1 atom stereocenters. The Bertz CT molecular complexity index is 349. The van der Waals surface area contributed by atoms with Crippen molar-refractivity contribution < 1.29 is 5.11 Å².